The minimum absolute atomic E-state index is 0.0424. The first-order valence-electron chi connectivity index (χ1n) is 15.4. The number of carbonyl (C=O) groups excluding carboxylic acids is 4. The molecule has 0 saturated carbocycles. The maximum absolute atomic E-state index is 13.4. The summed E-state index contributed by atoms with van der Waals surface area (Å²) >= 11 is 0. The third kappa shape index (κ3) is 8.50. The molecule has 1 saturated heterocycles. The van der Waals surface area contributed by atoms with Crippen LogP contribution >= 0.6 is 0 Å². The number of hydrogen-bond donors (Lipinski definition) is 2. The van der Waals surface area contributed by atoms with Gasteiger partial charge in [-0.25, -0.2) is 24.0 Å². The van der Waals surface area contributed by atoms with Crippen molar-refractivity contribution in [3.05, 3.63) is 130 Å². The number of unbranched alkanes of at least 4 members (excludes halogenated alkanes) is 2. The van der Waals surface area contributed by atoms with Crippen LogP contribution in [0.15, 0.2) is 108 Å². The van der Waals surface area contributed by atoms with E-state index in [1.165, 1.54) is 48.7 Å². The van der Waals surface area contributed by atoms with Gasteiger partial charge in [0.1, 0.15) is 5.82 Å². The van der Waals surface area contributed by atoms with Crippen LogP contribution < -0.4 is 16.3 Å². The van der Waals surface area contributed by atoms with E-state index in [2.05, 4.69) is 15.6 Å². The van der Waals surface area contributed by atoms with Crippen LogP contribution in [0.4, 0.5) is 10.6 Å². The zero-order chi connectivity index (χ0) is 33.9. The number of nitrogens with zero attached hydrogens (tertiary/aromatic N) is 2. The zero-order valence-electron chi connectivity index (χ0n) is 26.0. The Morgan fingerprint density at radius 2 is 1.25 bits per heavy atom. The summed E-state index contributed by atoms with van der Waals surface area (Å²) in [5.74, 6) is -2.49. The summed E-state index contributed by atoms with van der Waals surface area (Å²) < 4.78 is 24.3. The van der Waals surface area contributed by atoms with Gasteiger partial charge in [0, 0.05) is 12.7 Å². The topological polar surface area (TPSA) is 164 Å². The largest absolute Gasteiger partial charge is 0.450 e. The summed E-state index contributed by atoms with van der Waals surface area (Å²) in [4.78, 5) is 69.4. The quantitative estimate of drug-likeness (QED) is 0.124. The fourth-order valence-corrected chi connectivity index (χ4v) is 4.87. The summed E-state index contributed by atoms with van der Waals surface area (Å²) in [7, 11) is 0. The highest BCUT2D eigenvalue weighted by Gasteiger charge is 2.53. The fraction of sp³-hybridized carbons (Fsp3) is 0.257. The molecule has 1 aromatic heterocycles. The van der Waals surface area contributed by atoms with E-state index in [-0.39, 0.29) is 22.5 Å². The first kappa shape index (κ1) is 33.5. The normalized spacial score (nSPS) is 18.4. The number of amides is 2. The van der Waals surface area contributed by atoms with Crippen LogP contribution in [-0.2, 0) is 18.9 Å². The number of urea groups is 1. The number of carbonyl (C=O) groups is 4. The molecule has 0 unspecified atom stereocenters. The van der Waals surface area contributed by atoms with Gasteiger partial charge < -0.3 is 24.3 Å². The van der Waals surface area contributed by atoms with E-state index in [0.29, 0.717) is 6.54 Å². The summed E-state index contributed by atoms with van der Waals surface area (Å²) in [5, 5.41) is 5.21. The van der Waals surface area contributed by atoms with Crippen LogP contribution in [0.25, 0.3) is 0 Å². The monoisotopic (exact) mass is 654 g/mol. The lowest BCUT2D eigenvalue weighted by Crippen LogP contribution is -2.42. The van der Waals surface area contributed by atoms with Gasteiger partial charge in [-0.1, -0.05) is 74.4 Å². The van der Waals surface area contributed by atoms with Crippen LogP contribution in [0, 0.1) is 0 Å². The average Bonchev–Trinajstić information content (AvgIpc) is 3.42. The van der Waals surface area contributed by atoms with Crippen molar-refractivity contribution in [3.63, 3.8) is 0 Å². The predicted molar refractivity (Wildman–Crippen MR) is 172 cm³/mol. The molecule has 0 spiro atoms. The van der Waals surface area contributed by atoms with Gasteiger partial charge in [0.15, 0.2) is 12.3 Å². The van der Waals surface area contributed by atoms with E-state index in [1.807, 2.05) is 6.92 Å². The second-order valence-electron chi connectivity index (χ2n) is 10.7. The number of anilines is 1. The highest BCUT2D eigenvalue weighted by Crippen LogP contribution is 2.35. The Morgan fingerprint density at radius 1 is 0.729 bits per heavy atom. The number of nitrogens with one attached hydrogen (secondary N) is 2. The van der Waals surface area contributed by atoms with Gasteiger partial charge in [-0.15, -0.1) is 0 Å². The van der Waals surface area contributed by atoms with Crippen molar-refractivity contribution < 1.29 is 38.1 Å². The first-order chi connectivity index (χ1) is 23.3. The number of ether oxygens (including phenoxy) is 4. The second-order valence-corrected chi connectivity index (χ2v) is 10.7. The summed E-state index contributed by atoms with van der Waals surface area (Å²) in [5.41, 5.74) is -0.376. The zero-order valence-corrected chi connectivity index (χ0v) is 26.0. The molecule has 5 rings (SSSR count). The number of hydrogen-bond acceptors (Lipinski definition) is 10. The molecule has 1 aliphatic rings. The van der Waals surface area contributed by atoms with Gasteiger partial charge in [0.05, 0.1) is 16.7 Å². The number of esters is 3. The van der Waals surface area contributed by atoms with Crippen molar-refractivity contribution in [2.24, 2.45) is 0 Å². The molecule has 0 bridgehead atoms. The third-order valence-corrected chi connectivity index (χ3v) is 7.30. The molecule has 0 radical (unpaired) electrons. The van der Waals surface area contributed by atoms with Gasteiger partial charge in [0.25, 0.3) is 0 Å². The van der Waals surface area contributed by atoms with Gasteiger partial charge in [0.2, 0.25) is 12.4 Å². The van der Waals surface area contributed by atoms with Crippen LogP contribution in [-0.4, -0.2) is 58.5 Å². The summed E-state index contributed by atoms with van der Waals surface area (Å²) in [6.45, 7) is 2.50. The van der Waals surface area contributed by atoms with Crippen LogP contribution in [0.1, 0.15) is 63.5 Å². The Balaban J connectivity index is 1.47. The Hall–Kier alpha value is -5.82. The summed E-state index contributed by atoms with van der Waals surface area (Å²) in [6, 6.07) is 24.9. The predicted octanol–water partition coefficient (Wildman–Crippen LogP) is 4.72. The van der Waals surface area contributed by atoms with Gasteiger partial charge in [-0.2, -0.15) is 4.98 Å². The molecule has 1 fully saturated rings. The van der Waals surface area contributed by atoms with Crippen molar-refractivity contribution in [2.75, 3.05) is 11.9 Å². The molecule has 4 atom stereocenters. The molecule has 1 aliphatic heterocycles. The summed E-state index contributed by atoms with van der Waals surface area (Å²) in [6.07, 6.45) is -2.11. The molecule has 248 valence electrons. The molecule has 0 aliphatic carbocycles. The molecular weight excluding hydrogens is 620 g/mol. The Morgan fingerprint density at radius 3 is 1.77 bits per heavy atom. The van der Waals surface area contributed by atoms with E-state index in [4.69, 9.17) is 18.9 Å². The SMILES string of the molecule is CCCCCNC(=O)Nc1ccn([C@@H]2O[C@H](OC(=O)c3ccccc3)[C@H](OC(=O)c3ccccc3)[C@H]2OC(=O)c2ccccc2)c(=O)n1. The van der Waals surface area contributed by atoms with E-state index in [1.54, 1.807) is 54.6 Å². The number of benzene rings is 3. The second kappa shape index (κ2) is 16.1. The van der Waals surface area contributed by atoms with E-state index in [9.17, 15) is 24.0 Å². The average molecular weight is 655 g/mol. The minimum atomic E-state index is -1.62. The molecular formula is C35H34N4O9. The van der Waals surface area contributed by atoms with Crippen molar-refractivity contribution >= 4 is 29.8 Å². The van der Waals surface area contributed by atoms with Crippen LogP contribution in [0.5, 0.6) is 0 Å². The van der Waals surface area contributed by atoms with E-state index in [0.717, 1.165) is 23.8 Å². The molecule has 2 N–H and O–H groups in total. The molecule has 2 heterocycles. The van der Waals surface area contributed by atoms with Gasteiger partial charge in [-0.05, 0) is 48.9 Å². The maximum Gasteiger partial charge on any atom is 0.351 e. The van der Waals surface area contributed by atoms with Crippen molar-refractivity contribution in [1.29, 1.82) is 0 Å². The lowest BCUT2D eigenvalue weighted by molar-refractivity contribution is -0.149. The van der Waals surface area contributed by atoms with Crippen LogP contribution in [0.3, 0.4) is 0 Å². The Labute approximate surface area is 275 Å². The highest BCUT2D eigenvalue weighted by atomic mass is 16.8. The highest BCUT2D eigenvalue weighted by molar-refractivity contribution is 5.91. The van der Waals surface area contributed by atoms with Crippen molar-refractivity contribution in [3.8, 4) is 0 Å². The van der Waals surface area contributed by atoms with Crippen molar-refractivity contribution in [2.45, 2.75) is 50.9 Å². The molecule has 4 aromatic rings. The lowest BCUT2D eigenvalue weighted by Gasteiger charge is -2.24. The number of aromatic nitrogens is 2. The van der Waals surface area contributed by atoms with Crippen LogP contribution in [0.2, 0.25) is 0 Å². The molecule has 3 aromatic carbocycles. The Kier molecular flexibility index (Phi) is 11.3. The molecule has 2 amide bonds. The van der Waals surface area contributed by atoms with E-state index < -0.39 is 54.4 Å². The maximum atomic E-state index is 13.4. The third-order valence-electron chi connectivity index (χ3n) is 7.30. The Bertz CT molecular complexity index is 1770. The molecule has 13 nitrogen and oxygen atoms in total. The number of rotatable bonds is 12. The van der Waals surface area contributed by atoms with Gasteiger partial charge >= 0.3 is 29.6 Å². The van der Waals surface area contributed by atoms with Crippen molar-refractivity contribution in [1.82, 2.24) is 14.9 Å². The molecule has 13 heteroatoms. The van der Waals surface area contributed by atoms with E-state index >= 15 is 0 Å². The lowest BCUT2D eigenvalue weighted by atomic mass is 10.1. The fourth-order valence-electron chi connectivity index (χ4n) is 4.87. The smallest absolute Gasteiger partial charge is 0.351 e. The molecule has 48 heavy (non-hydrogen) atoms. The standard InChI is InChI=1S/C35H34N4O9/c1-2-3-13-21-36-34(43)37-26-20-22-39(35(44)38-26)29-27(45-30(40)23-14-7-4-8-15-23)28(46-31(41)24-16-9-5-10-17-24)33(47-29)48-32(42)25-18-11-6-12-19-25/h4-12,14-20,22,27-29,33H,2-3,13,21H2,1H3,(H2,36,37,38,43,44)/t27-,28-,29-,33-/m1/s1. The van der Waals surface area contributed by atoms with Gasteiger partial charge in [-0.3, -0.25) is 9.88 Å². The first-order valence-corrected chi connectivity index (χ1v) is 15.4. The minimum Gasteiger partial charge on any atom is -0.450 e.